The van der Waals surface area contributed by atoms with Crippen LogP contribution in [-0.2, 0) is 0 Å². The lowest BCUT2D eigenvalue weighted by atomic mass is 10.1. The number of rotatable bonds is 5. The molecule has 0 aliphatic heterocycles. The molecule has 0 aliphatic rings. The van der Waals surface area contributed by atoms with Crippen LogP contribution in [0.5, 0.6) is 11.5 Å². The standard InChI is InChI=1S/C10H8F2O4/c1-15-8-6(4-13)2-3-7(5-14)9(8)16-10(11)12/h2-5,10H,1H3. The zero-order valence-electron chi connectivity index (χ0n) is 8.28. The smallest absolute Gasteiger partial charge is 0.387 e. The lowest BCUT2D eigenvalue weighted by Crippen LogP contribution is -2.07. The van der Waals surface area contributed by atoms with E-state index >= 15 is 0 Å². The number of alkyl halides is 2. The molecule has 0 bridgehead atoms. The van der Waals surface area contributed by atoms with Crippen LogP contribution in [0.3, 0.4) is 0 Å². The van der Waals surface area contributed by atoms with Crippen LogP contribution in [0.15, 0.2) is 12.1 Å². The highest BCUT2D eigenvalue weighted by molar-refractivity contribution is 5.88. The van der Waals surface area contributed by atoms with Crippen molar-refractivity contribution in [1.82, 2.24) is 0 Å². The van der Waals surface area contributed by atoms with Crippen molar-refractivity contribution in [2.24, 2.45) is 0 Å². The zero-order chi connectivity index (χ0) is 12.1. The molecule has 86 valence electrons. The highest BCUT2D eigenvalue weighted by Crippen LogP contribution is 2.34. The summed E-state index contributed by atoms with van der Waals surface area (Å²) in [5.41, 5.74) is -0.0773. The molecular weight excluding hydrogens is 222 g/mol. The molecule has 0 saturated heterocycles. The van der Waals surface area contributed by atoms with E-state index in [4.69, 9.17) is 4.74 Å². The normalized spacial score (nSPS) is 10.0. The van der Waals surface area contributed by atoms with E-state index in [-0.39, 0.29) is 16.9 Å². The van der Waals surface area contributed by atoms with Crippen molar-refractivity contribution >= 4 is 12.6 Å². The predicted molar refractivity (Wildman–Crippen MR) is 50.4 cm³/mol. The maximum absolute atomic E-state index is 12.1. The molecule has 1 rings (SSSR count). The third-order valence-electron chi connectivity index (χ3n) is 1.84. The average molecular weight is 230 g/mol. The van der Waals surface area contributed by atoms with Crippen LogP contribution in [-0.4, -0.2) is 26.3 Å². The molecule has 16 heavy (non-hydrogen) atoms. The van der Waals surface area contributed by atoms with Crippen molar-refractivity contribution < 1.29 is 27.8 Å². The lowest BCUT2D eigenvalue weighted by molar-refractivity contribution is -0.0514. The highest BCUT2D eigenvalue weighted by atomic mass is 19.3. The minimum absolute atomic E-state index is 0.0313. The van der Waals surface area contributed by atoms with Gasteiger partial charge >= 0.3 is 6.61 Å². The monoisotopic (exact) mass is 230 g/mol. The predicted octanol–water partition coefficient (Wildman–Crippen LogP) is 1.92. The van der Waals surface area contributed by atoms with E-state index in [9.17, 15) is 18.4 Å². The summed E-state index contributed by atoms with van der Waals surface area (Å²) in [7, 11) is 1.19. The number of ether oxygens (including phenoxy) is 2. The van der Waals surface area contributed by atoms with Gasteiger partial charge in [-0.2, -0.15) is 8.78 Å². The molecule has 0 aliphatic carbocycles. The van der Waals surface area contributed by atoms with Crippen molar-refractivity contribution in [3.63, 3.8) is 0 Å². The van der Waals surface area contributed by atoms with Crippen LogP contribution in [0.4, 0.5) is 8.78 Å². The van der Waals surface area contributed by atoms with Gasteiger partial charge in [-0.25, -0.2) is 0 Å². The van der Waals surface area contributed by atoms with Gasteiger partial charge < -0.3 is 9.47 Å². The van der Waals surface area contributed by atoms with Crippen molar-refractivity contribution in [1.29, 1.82) is 0 Å². The number of hydrogen-bond acceptors (Lipinski definition) is 4. The van der Waals surface area contributed by atoms with Crippen molar-refractivity contribution in [3.05, 3.63) is 23.3 Å². The number of hydrogen-bond donors (Lipinski definition) is 0. The molecule has 0 amide bonds. The summed E-state index contributed by atoms with van der Waals surface area (Å²) >= 11 is 0. The molecule has 0 fully saturated rings. The van der Waals surface area contributed by atoms with Crippen molar-refractivity contribution in [2.45, 2.75) is 6.61 Å². The molecule has 0 saturated carbocycles. The number of carbonyl (C=O) groups is 2. The van der Waals surface area contributed by atoms with Gasteiger partial charge in [-0.3, -0.25) is 9.59 Å². The molecule has 0 radical (unpaired) electrons. The molecule has 6 heteroatoms. The van der Waals surface area contributed by atoms with Crippen LogP contribution in [0.1, 0.15) is 20.7 Å². The van der Waals surface area contributed by atoms with Crippen LogP contribution < -0.4 is 9.47 Å². The van der Waals surface area contributed by atoms with Crippen LogP contribution >= 0.6 is 0 Å². The third-order valence-corrected chi connectivity index (χ3v) is 1.84. The first-order valence-corrected chi connectivity index (χ1v) is 4.20. The van der Waals surface area contributed by atoms with Gasteiger partial charge in [0, 0.05) is 0 Å². The second-order valence-electron chi connectivity index (χ2n) is 2.72. The fourth-order valence-electron chi connectivity index (χ4n) is 1.20. The number of aldehydes is 2. The van der Waals surface area contributed by atoms with Gasteiger partial charge in [0.05, 0.1) is 18.2 Å². The summed E-state index contributed by atoms with van der Waals surface area (Å²) in [4.78, 5) is 21.2. The highest BCUT2D eigenvalue weighted by Gasteiger charge is 2.18. The Morgan fingerprint density at radius 3 is 2.00 bits per heavy atom. The van der Waals surface area contributed by atoms with Crippen LogP contribution in [0.2, 0.25) is 0 Å². The van der Waals surface area contributed by atoms with E-state index in [0.717, 1.165) is 0 Å². The van der Waals surface area contributed by atoms with Gasteiger partial charge in [0.25, 0.3) is 0 Å². The molecule has 1 aromatic carbocycles. The summed E-state index contributed by atoms with van der Waals surface area (Å²) in [6, 6.07) is 2.49. The van der Waals surface area contributed by atoms with E-state index < -0.39 is 12.4 Å². The maximum atomic E-state index is 12.1. The molecule has 0 heterocycles. The lowest BCUT2D eigenvalue weighted by Gasteiger charge is -2.13. The third kappa shape index (κ3) is 2.33. The fraction of sp³-hybridized carbons (Fsp3) is 0.200. The van der Waals surface area contributed by atoms with Gasteiger partial charge in [0.15, 0.2) is 24.1 Å². The molecule has 1 aromatic rings. The summed E-state index contributed by atoms with van der Waals surface area (Å²) in [6.45, 7) is -3.10. The van der Waals surface area contributed by atoms with Gasteiger partial charge in [-0.1, -0.05) is 0 Å². The Hall–Kier alpha value is -1.98. The van der Waals surface area contributed by atoms with E-state index in [1.54, 1.807) is 0 Å². The maximum Gasteiger partial charge on any atom is 0.387 e. The Labute approximate surface area is 89.8 Å². The molecule has 0 N–H and O–H groups in total. The van der Waals surface area contributed by atoms with Crippen molar-refractivity contribution in [2.75, 3.05) is 7.11 Å². The first-order chi connectivity index (χ1) is 7.63. The van der Waals surface area contributed by atoms with E-state index in [2.05, 4.69) is 4.74 Å². The summed E-state index contributed by atoms with van der Waals surface area (Å²) in [5.74, 6) is -0.614. The van der Waals surface area contributed by atoms with Gasteiger partial charge in [0.2, 0.25) is 0 Å². The molecular formula is C10H8F2O4. The molecule has 0 unspecified atom stereocenters. The van der Waals surface area contributed by atoms with E-state index in [1.165, 1.54) is 19.2 Å². The number of methoxy groups -OCH3 is 1. The average Bonchev–Trinajstić information content (AvgIpc) is 2.27. The molecule has 0 atom stereocenters. The Bertz CT molecular complexity index is 404. The van der Waals surface area contributed by atoms with Crippen molar-refractivity contribution in [3.8, 4) is 11.5 Å². The van der Waals surface area contributed by atoms with E-state index in [0.29, 0.717) is 12.6 Å². The van der Waals surface area contributed by atoms with Gasteiger partial charge in [0.1, 0.15) is 0 Å². The second-order valence-corrected chi connectivity index (χ2v) is 2.72. The Kier molecular flexibility index (Phi) is 3.93. The SMILES string of the molecule is COc1c(C=O)ccc(C=O)c1OC(F)F. The first kappa shape index (κ1) is 12.1. The number of benzene rings is 1. The minimum Gasteiger partial charge on any atom is -0.492 e. The quantitative estimate of drug-likeness (QED) is 0.725. The van der Waals surface area contributed by atoms with Crippen LogP contribution in [0.25, 0.3) is 0 Å². The fourth-order valence-corrected chi connectivity index (χ4v) is 1.20. The minimum atomic E-state index is -3.10. The van der Waals surface area contributed by atoms with Gasteiger partial charge in [-0.15, -0.1) is 0 Å². The number of carbonyl (C=O) groups excluding carboxylic acids is 2. The summed E-state index contributed by atoms with van der Waals surface area (Å²) < 4.78 is 33.1. The first-order valence-electron chi connectivity index (χ1n) is 4.20. The van der Waals surface area contributed by atoms with Crippen LogP contribution in [0, 0.1) is 0 Å². The Morgan fingerprint density at radius 1 is 1.12 bits per heavy atom. The van der Waals surface area contributed by atoms with Gasteiger partial charge in [-0.05, 0) is 12.1 Å². The summed E-state index contributed by atoms with van der Waals surface area (Å²) in [6.07, 6.45) is 0.764. The Balaban J connectivity index is 3.35. The second kappa shape index (κ2) is 5.20. The molecule has 4 nitrogen and oxygen atoms in total. The largest absolute Gasteiger partial charge is 0.492 e. The molecule has 0 aromatic heterocycles. The summed E-state index contributed by atoms with van der Waals surface area (Å²) in [5, 5.41) is 0. The number of halogens is 2. The zero-order valence-corrected chi connectivity index (χ0v) is 8.28. The molecule has 0 spiro atoms. The van der Waals surface area contributed by atoms with E-state index in [1.807, 2.05) is 0 Å². The topological polar surface area (TPSA) is 52.6 Å². The Morgan fingerprint density at radius 2 is 1.62 bits per heavy atom.